The molecule has 1 heteroatoms. The van der Waals surface area contributed by atoms with Gasteiger partial charge in [-0.2, -0.15) is 0 Å². The molecule has 1 nitrogen and oxygen atoms in total. The number of unbranched alkanes of at least 4 members (excludes halogenated alkanes) is 3. The molecule has 160 valence electrons. The monoisotopic (exact) mass is 393 g/mol. The molecule has 1 saturated heterocycles. The molecule has 1 aliphatic heterocycles. The van der Waals surface area contributed by atoms with E-state index in [1.807, 2.05) is 0 Å². The van der Waals surface area contributed by atoms with Crippen LogP contribution in [0.1, 0.15) is 95.8 Å². The van der Waals surface area contributed by atoms with Gasteiger partial charge in [-0.3, -0.25) is 0 Å². The molecule has 1 aromatic rings. The fraction of sp³-hybridized carbons (Fsp3) is 0.643. The highest BCUT2D eigenvalue weighted by atomic mass is 15.1. The van der Waals surface area contributed by atoms with Crippen molar-refractivity contribution in [2.45, 2.75) is 90.9 Å². The van der Waals surface area contributed by atoms with Gasteiger partial charge in [-0.05, 0) is 92.1 Å². The number of hydrogen-bond donors (Lipinski definition) is 0. The van der Waals surface area contributed by atoms with E-state index in [-0.39, 0.29) is 0 Å². The van der Waals surface area contributed by atoms with E-state index >= 15 is 0 Å². The van der Waals surface area contributed by atoms with E-state index in [1.165, 1.54) is 87.7 Å². The highest BCUT2D eigenvalue weighted by Crippen LogP contribution is 2.38. The maximum atomic E-state index is 4.46. The van der Waals surface area contributed by atoms with Crippen molar-refractivity contribution in [2.24, 2.45) is 5.92 Å². The van der Waals surface area contributed by atoms with Gasteiger partial charge in [-0.1, -0.05) is 76.5 Å². The lowest BCUT2D eigenvalue weighted by molar-refractivity contribution is 0.320. The minimum Gasteiger partial charge on any atom is -0.303 e. The maximum Gasteiger partial charge on any atom is 0.00475 e. The molecule has 1 heterocycles. The highest BCUT2D eigenvalue weighted by molar-refractivity contribution is 5.65. The lowest BCUT2D eigenvalue weighted by atomic mass is 9.72. The average Bonchev–Trinajstić information content (AvgIpc) is 3.17. The molecule has 1 fully saturated rings. The van der Waals surface area contributed by atoms with Crippen LogP contribution in [0, 0.1) is 5.92 Å². The van der Waals surface area contributed by atoms with Gasteiger partial charge in [0.05, 0.1) is 0 Å². The third-order valence-electron chi connectivity index (χ3n) is 7.39. The Kier molecular flexibility index (Phi) is 7.79. The number of rotatable bonds is 9. The van der Waals surface area contributed by atoms with Gasteiger partial charge in [0.15, 0.2) is 0 Å². The molecule has 0 saturated carbocycles. The Morgan fingerprint density at radius 1 is 1.24 bits per heavy atom. The predicted octanol–water partition coefficient (Wildman–Crippen LogP) is 7.55. The lowest BCUT2D eigenvalue weighted by Crippen LogP contribution is -2.23. The van der Waals surface area contributed by atoms with Crippen molar-refractivity contribution in [3.8, 4) is 0 Å². The summed E-state index contributed by atoms with van der Waals surface area (Å²) >= 11 is 0. The fourth-order valence-electron chi connectivity index (χ4n) is 5.26. The minimum atomic E-state index is 0.336. The summed E-state index contributed by atoms with van der Waals surface area (Å²) in [6.07, 6.45) is 14.1. The van der Waals surface area contributed by atoms with Crippen LogP contribution >= 0.6 is 0 Å². The van der Waals surface area contributed by atoms with Gasteiger partial charge in [-0.25, -0.2) is 0 Å². The zero-order chi connectivity index (χ0) is 20.9. The molecule has 0 spiro atoms. The lowest BCUT2D eigenvalue weighted by Gasteiger charge is -2.33. The molecular weight excluding hydrogens is 350 g/mol. The van der Waals surface area contributed by atoms with Crippen molar-refractivity contribution in [3.63, 3.8) is 0 Å². The Morgan fingerprint density at radius 2 is 2.07 bits per heavy atom. The second kappa shape index (κ2) is 10.1. The van der Waals surface area contributed by atoms with Crippen LogP contribution in [0.3, 0.4) is 0 Å². The van der Waals surface area contributed by atoms with Crippen LogP contribution in [0.25, 0.3) is 5.57 Å². The summed E-state index contributed by atoms with van der Waals surface area (Å²) in [5.74, 6) is 0.689. The molecule has 29 heavy (non-hydrogen) atoms. The van der Waals surface area contributed by atoms with Crippen molar-refractivity contribution in [1.82, 2.24) is 4.90 Å². The molecule has 1 unspecified atom stereocenters. The minimum absolute atomic E-state index is 0.336. The molecule has 1 atom stereocenters. The smallest absolute Gasteiger partial charge is 0.00475 e. The van der Waals surface area contributed by atoms with E-state index in [9.17, 15) is 0 Å². The number of likely N-dealkylation sites (tertiary alicyclic amines) is 1. The molecule has 3 rings (SSSR count). The van der Waals surface area contributed by atoms with Crippen molar-refractivity contribution in [3.05, 3.63) is 53.1 Å². The Balaban J connectivity index is 1.53. The van der Waals surface area contributed by atoms with Crippen LogP contribution in [0.2, 0.25) is 0 Å². The second-order valence-electron chi connectivity index (χ2n) is 10.2. The Morgan fingerprint density at radius 3 is 2.86 bits per heavy atom. The second-order valence-corrected chi connectivity index (χ2v) is 10.2. The Bertz CT molecular complexity index is 724. The molecule has 0 N–H and O–H groups in total. The van der Waals surface area contributed by atoms with Gasteiger partial charge in [0.2, 0.25) is 0 Å². The molecule has 1 aromatic carbocycles. The summed E-state index contributed by atoms with van der Waals surface area (Å²) in [7, 11) is 0. The van der Waals surface area contributed by atoms with Gasteiger partial charge in [-0.15, -0.1) is 0 Å². The van der Waals surface area contributed by atoms with E-state index in [0.717, 1.165) is 6.42 Å². The average molecular weight is 394 g/mol. The number of nitrogens with zero attached hydrogens (tertiary/aromatic N) is 1. The molecule has 1 aliphatic carbocycles. The number of aryl methyl sites for hydroxylation is 1. The first kappa shape index (κ1) is 22.3. The summed E-state index contributed by atoms with van der Waals surface area (Å²) in [5, 5.41) is 0. The molecule has 2 aliphatic rings. The summed E-state index contributed by atoms with van der Waals surface area (Å²) in [5.41, 5.74) is 7.71. The van der Waals surface area contributed by atoms with E-state index in [4.69, 9.17) is 0 Å². The number of hydrogen-bond acceptors (Lipinski definition) is 1. The SMILES string of the molecule is C=C(C/C=C(\C)c1ccc2c(c1)CCCC2(C)C)C1CCN(CCCCCC)C1. The number of allylic oxidation sites excluding steroid dienone is 2. The number of fused-ring (bicyclic) bond motifs is 1. The van der Waals surface area contributed by atoms with E-state index < -0.39 is 0 Å². The summed E-state index contributed by atoms with van der Waals surface area (Å²) < 4.78 is 0. The van der Waals surface area contributed by atoms with E-state index in [2.05, 4.69) is 63.4 Å². The quantitative estimate of drug-likeness (QED) is 0.309. The first-order chi connectivity index (χ1) is 13.9. The Hall–Kier alpha value is -1.34. The predicted molar refractivity (Wildman–Crippen MR) is 129 cm³/mol. The third kappa shape index (κ3) is 5.85. The molecular formula is C28H43N. The first-order valence-corrected chi connectivity index (χ1v) is 12.1. The van der Waals surface area contributed by atoms with Crippen molar-refractivity contribution < 1.29 is 0 Å². The molecule has 0 bridgehead atoms. The van der Waals surface area contributed by atoms with Gasteiger partial charge in [0, 0.05) is 6.54 Å². The fourth-order valence-corrected chi connectivity index (χ4v) is 5.26. The topological polar surface area (TPSA) is 3.24 Å². The third-order valence-corrected chi connectivity index (χ3v) is 7.39. The van der Waals surface area contributed by atoms with Crippen molar-refractivity contribution in [2.75, 3.05) is 19.6 Å². The standard InChI is InChI=1S/C28H43N/c1-6-7-8-9-18-29-19-16-26(21-29)23(3)13-12-22(2)24-14-15-27-25(20-24)11-10-17-28(27,4)5/h12,14-15,20,26H,3,6-11,13,16-19,21H2,1-2,4-5H3/b22-12+. The van der Waals surface area contributed by atoms with Crippen LogP contribution in [-0.2, 0) is 11.8 Å². The Labute approximate surface area is 180 Å². The van der Waals surface area contributed by atoms with Crippen LogP contribution < -0.4 is 0 Å². The zero-order valence-corrected chi connectivity index (χ0v) is 19.5. The van der Waals surface area contributed by atoms with Gasteiger partial charge < -0.3 is 4.90 Å². The van der Waals surface area contributed by atoms with Gasteiger partial charge >= 0.3 is 0 Å². The van der Waals surface area contributed by atoms with Crippen LogP contribution in [-0.4, -0.2) is 24.5 Å². The van der Waals surface area contributed by atoms with E-state index in [0.29, 0.717) is 11.3 Å². The summed E-state index contributed by atoms with van der Waals surface area (Å²) in [6.45, 7) is 17.6. The largest absolute Gasteiger partial charge is 0.303 e. The normalized spacial score (nSPS) is 21.9. The maximum absolute atomic E-state index is 4.46. The van der Waals surface area contributed by atoms with Crippen LogP contribution in [0.5, 0.6) is 0 Å². The molecule has 0 aromatic heterocycles. The molecule has 0 amide bonds. The van der Waals surface area contributed by atoms with Crippen LogP contribution in [0.4, 0.5) is 0 Å². The highest BCUT2D eigenvalue weighted by Gasteiger charge is 2.27. The van der Waals surface area contributed by atoms with Crippen molar-refractivity contribution >= 4 is 5.57 Å². The van der Waals surface area contributed by atoms with Crippen LogP contribution in [0.15, 0.2) is 36.4 Å². The molecule has 0 radical (unpaired) electrons. The number of benzene rings is 1. The first-order valence-electron chi connectivity index (χ1n) is 12.1. The van der Waals surface area contributed by atoms with Gasteiger partial charge in [0.1, 0.15) is 0 Å². The van der Waals surface area contributed by atoms with Gasteiger partial charge in [0.25, 0.3) is 0 Å². The summed E-state index contributed by atoms with van der Waals surface area (Å²) in [6, 6.07) is 7.19. The van der Waals surface area contributed by atoms with E-state index in [1.54, 1.807) is 11.1 Å². The zero-order valence-electron chi connectivity index (χ0n) is 19.5. The van der Waals surface area contributed by atoms with Crippen molar-refractivity contribution in [1.29, 1.82) is 0 Å². The summed E-state index contributed by atoms with van der Waals surface area (Å²) in [4.78, 5) is 2.66.